The van der Waals surface area contributed by atoms with E-state index in [0.717, 1.165) is 0 Å². The standard InChI is InChI=1S/C9H8N2O/c12-8-10-6-3-5-9-4-1-2-7-11-9/h1-2,4,7-8H,6H2,(H,10,12). The van der Waals surface area contributed by atoms with Crippen LogP contribution < -0.4 is 5.32 Å². The Kier molecular flexibility index (Phi) is 3.39. The number of carbonyl (C=O) groups excluding carboxylic acids is 1. The van der Waals surface area contributed by atoms with Crippen molar-refractivity contribution in [3.05, 3.63) is 30.1 Å². The molecular weight excluding hydrogens is 152 g/mol. The van der Waals surface area contributed by atoms with Crippen molar-refractivity contribution < 1.29 is 4.79 Å². The minimum absolute atomic E-state index is 0.361. The van der Waals surface area contributed by atoms with Crippen LogP contribution in [0.15, 0.2) is 24.4 Å². The molecule has 1 heterocycles. The summed E-state index contributed by atoms with van der Waals surface area (Å²) in [6.07, 6.45) is 2.30. The SMILES string of the molecule is O=CNCC#Cc1ccccn1. The Morgan fingerprint density at radius 2 is 2.50 bits per heavy atom. The Hall–Kier alpha value is -1.82. The number of hydrogen-bond donors (Lipinski definition) is 1. The number of nitrogens with zero attached hydrogens (tertiary/aromatic N) is 1. The fraction of sp³-hybridized carbons (Fsp3) is 0.111. The van der Waals surface area contributed by atoms with Crippen LogP contribution in [-0.2, 0) is 4.79 Å². The first-order chi connectivity index (χ1) is 5.93. The number of aromatic nitrogens is 1. The molecule has 0 bridgehead atoms. The van der Waals surface area contributed by atoms with Gasteiger partial charge in [0.15, 0.2) is 0 Å². The predicted octanol–water partition coefficient (Wildman–Crippen LogP) is 0.179. The van der Waals surface area contributed by atoms with E-state index in [-0.39, 0.29) is 0 Å². The summed E-state index contributed by atoms with van der Waals surface area (Å²) in [7, 11) is 0. The Morgan fingerprint density at radius 3 is 3.17 bits per heavy atom. The van der Waals surface area contributed by atoms with Gasteiger partial charge in [-0.2, -0.15) is 0 Å². The van der Waals surface area contributed by atoms with Gasteiger partial charge in [0, 0.05) is 6.20 Å². The molecule has 0 fully saturated rings. The van der Waals surface area contributed by atoms with Crippen molar-refractivity contribution in [1.82, 2.24) is 10.3 Å². The third-order valence-corrected chi connectivity index (χ3v) is 1.16. The fourth-order valence-electron chi connectivity index (χ4n) is 0.664. The van der Waals surface area contributed by atoms with Crippen LogP contribution >= 0.6 is 0 Å². The number of nitrogens with one attached hydrogen (secondary N) is 1. The fourth-order valence-corrected chi connectivity index (χ4v) is 0.664. The molecule has 0 spiro atoms. The van der Waals surface area contributed by atoms with E-state index in [0.29, 0.717) is 18.6 Å². The first-order valence-electron chi connectivity index (χ1n) is 3.50. The first-order valence-corrected chi connectivity index (χ1v) is 3.50. The molecule has 1 rings (SSSR count). The van der Waals surface area contributed by atoms with E-state index in [2.05, 4.69) is 22.1 Å². The summed E-state index contributed by atoms with van der Waals surface area (Å²) < 4.78 is 0. The van der Waals surface area contributed by atoms with E-state index in [9.17, 15) is 4.79 Å². The van der Waals surface area contributed by atoms with Crippen LogP contribution in [0.2, 0.25) is 0 Å². The molecule has 12 heavy (non-hydrogen) atoms. The molecule has 1 aromatic heterocycles. The quantitative estimate of drug-likeness (QED) is 0.381. The molecule has 60 valence electrons. The van der Waals surface area contributed by atoms with Crippen LogP contribution in [0.4, 0.5) is 0 Å². The third kappa shape index (κ3) is 2.84. The highest BCUT2D eigenvalue weighted by Crippen LogP contribution is 1.88. The van der Waals surface area contributed by atoms with Gasteiger partial charge in [0.05, 0.1) is 6.54 Å². The Morgan fingerprint density at radius 1 is 1.58 bits per heavy atom. The van der Waals surface area contributed by atoms with Gasteiger partial charge in [0.1, 0.15) is 5.69 Å². The summed E-state index contributed by atoms with van der Waals surface area (Å²) in [6.45, 7) is 0.361. The van der Waals surface area contributed by atoms with Crippen molar-refractivity contribution >= 4 is 6.41 Å². The van der Waals surface area contributed by atoms with Gasteiger partial charge in [0.2, 0.25) is 6.41 Å². The van der Waals surface area contributed by atoms with Crippen LogP contribution in [0, 0.1) is 11.8 Å². The Bertz CT molecular complexity index is 297. The lowest BCUT2D eigenvalue weighted by molar-refractivity contribution is -0.109. The number of hydrogen-bond acceptors (Lipinski definition) is 2. The molecule has 0 radical (unpaired) electrons. The van der Waals surface area contributed by atoms with E-state index in [1.165, 1.54) is 0 Å². The molecule has 0 saturated carbocycles. The summed E-state index contributed by atoms with van der Waals surface area (Å²) in [6, 6.07) is 5.51. The van der Waals surface area contributed by atoms with E-state index in [1.54, 1.807) is 6.20 Å². The second kappa shape index (κ2) is 4.91. The summed E-state index contributed by atoms with van der Waals surface area (Å²) in [5.74, 6) is 5.54. The second-order valence-corrected chi connectivity index (χ2v) is 2.02. The zero-order valence-corrected chi connectivity index (χ0v) is 6.45. The first kappa shape index (κ1) is 8.28. The van der Waals surface area contributed by atoms with Crippen molar-refractivity contribution in [2.24, 2.45) is 0 Å². The molecule has 3 heteroatoms. The predicted molar refractivity (Wildman–Crippen MR) is 45.2 cm³/mol. The van der Waals surface area contributed by atoms with Gasteiger partial charge in [-0.15, -0.1) is 0 Å². The molecule has 0 atom stereocenters. The van der Waals surface area contributed by atoms with Gasteiger partial charge in [-0.1, -0.05) is 12.0 Å². The maximum Gasteiger partial charge on any atom is 0.207 e. The average molecular weight is 160 g/mol. The molecule has 0 aliphatic rings. The molecule has 0 aliphatic heterocycles. The number of carbonyl (C=O) groups is 1. The molecule has 1 N–H and O–H groups in total. The summed E-state index contributed by atoms with van der Waals surface area (Å²) in [5, 5.41) is 2.44. The lowest BCUT2D eigenvalue weighted by Gasteiger charge is -1.86. The highest BCUT2D eigenvalue weighted by atomic mass is 16.1. The van der Waals surface area contributed by atoms with Crippen LogP contribution in [0.1, 0.15) is 5.69 Å². The van der Waals surface area contributed by atoms with Crippen molar-refractivity contribution in [2.45, 2.75) is 0 Å². The maximum atomic E-state index is 9.82. The molecule has 1 aromatic rings. The van der Waals surface area contributed by atoms with Gasteiger partial charge in [-0.3, -0.25) is 4.79 Å². The molecule has 0 aliphatic carbocycles. The van der Waals surface area contributed by atoms with Crippen molar-refractivity contribution in [3.8, 4) is 11.8 Å². The highest BCUT2D eigenvalue weighted by molar-refractivity contribution is 5.46. The Balaban J connectivity index is 2.49. The molecular formula is C9H8N2O. The van der Waals surface area contributed by atoms with Gasteiger partial charge in [0.25, 0.3) is 0 Å². The second-order valence-electron chi connectivity index (χ2n) is 2.02. The monoisotopic (exact) mass is 160 g/mol. The maximum absolute atomic E-state index is 9.82. The molecule has 0 aromatic carbocycles. The molecule has 3 nitrogen and oxygen atoms in total. The minimum atomic E-state index is 0.361. The van der Waals surface area contributed by atoms with Crippen molar-refractivity contribution in [3.63, 3.8) is 0 Å². The van der Waals surface area contributed by atoms with Crippen LogP contribution in [-0.4, -0.2) is 17.9 Å². The smallest absolute Gasteiger partial charge is 0.207 e. The van der Waals surface area contributed by atoms with E-state index in [4.69, 9.17) is 0 Å². The lowest BCUT2D eigenvalue weighted by Crippen LogP contribution is -2.09. The van der Waals surface area contributed by atoms with Crippen LogP contribution in [0.3, 0.4) is 0 Å². The third-order valence-electron chi connectivity index (χ3n) is 1.16. The van der Waals surface area contributed by atoms with Gasteiger partial charge in [-0.05, 0) is 18.1 Å². The minimum Gasteiger partial charge on any atom is -0.348 e. The normalized spacial score (nSPS) is 8.00. The summed E-state index contributed by atoms with van der Waals surface area (Å²) in [4.78, 5) is 13.8. The van der Waals surface area contributed by atoms with Gasteiger partial charge in [-0.25, -0.2) is 4.98 Å². The number of amides is 1. The number of pyridine rings is 1. The molecule has 0 saturated heterocycles. The van der Waals surface area contributed by atoms with Crippen LogP contribution in [0.5, 0.6) is 0 Å². The topological polar surface area (TPSA) is 42.0 Å². The Labute approximate surface area is 70.8 Å². The van der Waals surface area contributed by atoms with E-state index >= 15 is 0 Å². The molecule has 1 amide bonds. The highest BCUT2D eigenvalue weighted by Gasteiger charge is 1.81. The number of rotatable bonds is 2. The average Bonchev–Trinajstić information content (AvgIpc) is 2.14. The largest absolute Gasteiger partial charge is 0.348 e. The molecule has 0 unspecified atom stereocenters. The van der Waals surface area contributed by atoms with E-state index in [1.807, 2.05) is 18.2 Å². The summed E-state index contributed by atoms with van der Waals surface area (Å²) in [5.41, 5.74) is 0.713. The van der Waals surface area contributed by atoms with E-state index < -0.39 is 0 Å². The van der Waals surface area contributed by atoms with Crippen molar-refractivity contribution in [2.75, 3.05) is 6.54 Å². The zero-order chi connectivity index (χ0) is 8.65. The van der Waals surface area contributed by atoms with Crippen molar-refractivity contribution in [1.29, 1.82) is 0 Å². The van der Waals surface area contributed by atoms with Gasteiger partial charge < -0.3 is 5.32 Å². The summed E-state index contributed by atoms with van der Waals surface area (Å²) >= 11 is 0. The van der Waals surface area contributed by atoms with Crippen LogP contribution in [0.25, 0.3) is 0 Å². The zero-order valence-electron chi connectivity index (χ0n) is 6.45. The lowest BCUT2D eigenvalue weighted by atomic mass is 10.3. The van der Waals surface area contributed by atoms with Gasteiger partial charge >= 0.3 is 0 Å².